The summed E-state index contributed by atoms with van der Waals surface area (Å²) in [7, 11) is 1.43. The molecule has 2 rings (SSSR count). The van der Waals surface area contributed by atoms with Crippen LogP contribution in [0.4, 0.5) is 0 Å². The molecule has 0 saturated carbocycles. The van der Waals surface area contributed by atoms with E-state index in [0.717, 1.165) is 20.9 Å². The van der Waals surface area contributed by atoms with Gasteiger partial charge in [-0.25, -0.2) is 0 Å². The van der Waals surface area contributed by atoms with E-state index in [4.69, 9.17) is 4.74 Å². The van der Waals surface area contributed by atoms with Gasteiger partial charge in [-0.05, 0) is 44.0 Å². The number of methoxy groups -OCH3 is 1. The smallest absolute Gasteiger partial charge is 0.311 e. The second-order valence-electron chi connectivity index (χ2n) is 5.06. The average molecular weight is 310 g/mol. The monoisotopic (exact) mass is 309 g/mol. The van der Waals surface area contributed by atoms with Crippen molar-refractivity contribution in [3.05, 3.63) is 34.4 Å². The summed E-state index contributed by atoms with van der Waals surface area (Å²) in [5, 5.41) is 1.14. The molecule has 0 aliphatic heterocycles. The van der Waals surface area contributed by atoms with Gasteiger partial charge in [-0.2, -0.15) is 0 Å². The maximum Gasteiger partial charge on any atom is 0.311 e. The van der Waals surface area contributed by atoms with Crippen molar-refractivity contribution in [2.45, 2.75) is 20.3 Å². The third kappa shape index (κ3) is 2.43. The van der Waals surface area contributed by atoms with E-state index in [1.54, 1.807) is 0 Å². The van der Waals surface area contributed by atoms with Crippen LogP contribution in [0.2, 0.25) is 0 Å². The summed E-state index contributed by atoms with van der Waals surface area (Å²) in [6.07, 6.45) is 2.61. The van der Waals surface area contributed by atoms with E-state index in [1.807, 2.05) is 32.2 Å². The fourth-order valence-corrected chi connectivity index (χ4v) is 2.48. The highest BCUT2D eigenvalue weighted by Crippen LogP contribution is 2.29. The normalized spacial score (nSPS) is 11.8. The number of aromatic nitrogens is 1. The lowest BCUT2D eigenvalue weighted by Crippen LogP contribution is -2.27. The van der Waals surface area contributed by atoms with Gasteiger partial charge in [0.25, 0.3) is 0 Å². The molecular weight excluding hydrogens is 294 g/mol. The summed E-state index contributed by atoms with van der Waals surface area (Å²) in [5.74, 6) is -0.188. The molecule has 18 heavy (non-hydrogen) atoms. The zero-order chi connectivity index (χ0) is 13.3. The Morgan fingerprint density at radius 2 is 2.17 bits per heavy atom. The SMILES string of the molecule is COC(=O)C(C)(C)Cc1c[nH]c2ccc(Br)cc12. The first-order valence-corrected chi connectivity index (χ1v) is 6.57. The highest BCUT2D eigenvalue weighted by molar-refractivity contribution is 9.10. The summed E-state index contributed by atoms with van der Waals surface area (Å²) >= 11 is 3.47. The van der Waals surface area contributed by atoms with Gasteiger partial charge in [-0.15, -0.1) is 0 Å². The number of nitrogens with one attached hydrogen (secondary N) is 1. The van der Waals surface area contributed by atoms with Gasteiger partial charge in [-0.1, -0.05) is 15.9 Å². The number of carbonyl (C=O) groups is 1. The molecule has 0 radical (unpaired) electrons. The van der Waals surface area contributed by atoms with Gasteiger partial charge < -0.3 is 9.72 Å². The molecule has 96 valence electrons. The van der Waals surface area contributed by atoms with Crippen LogP contribution in [0.3, 0.4) is 0 Å². The van der Waals surface area contributed by atoms with Crippen molar-refractivity contribution in [3.8, 4) is 0 Å². The Kier molecular flexibility index (Phi) is 3.48. The number of fused-ring (bicyclic) bond motifs is 1. The molecule has 0 amide bonds. The predicted molar refractivity (Wildman–Crippen MR) is 75.5 cm³/mol. The van der Waals surface area contributed by atoms with E-state index in [0.29, 0.717) is 6.42 Å². The van der Waals surface area contributed by atoms with Gasteiger partial charge in [0.1, 0.15) is 0 Å². The van der Waals surface area contributed by atoms with Gasteiger partial charge in [0.05, 0.1) is 12.5 Å². The molecule has 0 unspecified atom stereocenters. The number of hydrogen-bond donors (Lipinski definition) is 1. The first kappa shape index (κ1) is 13.1. The highest BCUT2D eigenvalue weighted by Gasteiger charge is 2.29. The second-order valence-corrected chi connectivity index (χ2v) is 5.97. The van der Waals surface area contributed by atoms with Crippen LogP contribution in [0.15, 0.2) is 28.9 Å². The number of rotatable bonds is 3. The van der Waals surface area contributed by atoms with Gasteiger partial charge in [0, 0.05) is 21.6 Å². The van der Waals surface area contributed by atoms with E-state index in [-0.39, 0.29) is 5.97 Å². The maximum absolute atomic E-state index is 11.7. The number of hydrogen-bond acceptors (Lipinski definition) is 2. The van der Waals surface area contributed by atoms with Crippen LogP contribution in [0.25, 0.3) is 10.9 Å². The molecule has 0 aliphatic rings. The first-order valence-electron chi connectivity index (χ1n) is 5.78. The summed E-state index contributed by atoms with van der Waals surface area (Å²) < 4.78 is 5.88. The molecule has 0 bridgehead atoms. The van der Waals surface area contributed by atoms with E-state index in [9.17, 15) is 4.79 Å². The Morgan fingerprint density at radius 3 is 2.83 bits per heavy atom. The minimum atomic E-state index is -0.522. The van der Waals surface area contributed by atoms with Crippen LogP contribution in [0.1, 0.15) is 19.4 Å². The van der Waals surface area contributed by atoms with Crippen LogP contribution < -0.4 is 0 Å². The molecule has 1 aromatic carbocycles. The van der Waals surface area contributed by atoms with Gasteiger partial charge in [-0.3, -0.25) is 4.79 Å². The number of benzene rings is 1. The largest absolute Gasteiger partial charge is 0.469 e. The molecule has 0 saturated heterocycles. The molecule has 0 fully saturated rings. The Labute approximate surface area is 115 Å². The summed E-state index contributed by atoms with van der Waals surface area (Å²) in [6.45, 7) is 3.80. The Bertz CT molecular complexity index is 586. The predicted octanol–water partition coefficient (Wildman–Crippen LogP) is 3.67. The van der Waals surface area contributed by atoms with Gasteiger partial charge >= 0.3 is 5.97 Å². The summed E-state index contributed by atoms with van der Waals surface area (Å²) in [4.78, 5) is 14.9. The topological polar surface area (TPSA) is 42.1 Å². The molecule has 3 nitrogen and oxygen atoms in total. The van der Waals surface area contributed by atoms with Gasteiger partial charge in [0.2, 0.25) is 0 Å². The molecular formula is C14H16BrNO2. The molecule has 1 aromatic heterocycles. The molecule has 0 spiro atoms. The van der Waals surface area contributed by atoms with Crippen LogP contribution in [-0.4, -0.2) is 18.1 Å². The van der Waals surface area contributed by atoms with Crippen molar-refractivity contribution in [2.75, 3.05) is 7.11 Å². The Morgan fingerprint density at radius 1 is 1.44 bits per heavy atom. The van der Waals surface area contributed by atoms with Crippen molar-refractivity contribution in [2.24, 2.45) is 5.41 Å². The van der Waals surface area contributed by atoms with E-state index >= 15 is 0 Å². The van der Waals surface area contributed by atoms with Gasteiger partial charge in [0.15, 0.2) is 0 Å². The average Bonchev–Trinajstić information content (AvgIpc) is 2.70. The lowest BCUT2D eigenvalue weighted by molar-refractivity contribution is -0.150. The molecule has 0 atom stereocenters. The fraction of sp³-hybridized carbons (Fsp3) is 0.357. The molecule has 0 aliphatic carbocycles. The van der Waals surface area contributed by atoms with Crippen molar-refractivity contribution >= 4 is 32.8 Å². The number of aromatic amines is 1. The van der Waals surface area contributed by atoms with E-state index < -0.39 is 5.41 Å². The minimum absolute atomic E-state index is 0.188. The Hall–Kier alpha value is -1.29. The van der Waals surface area contributed by atoms with Crippen molar-refractivity contribution in [1.29, 1.82) is 0 Å². The minimum Gasteiger partial charge on any atom is -0.469 e. The van der Waals surface area contributed by atoms with Crippen molar-refractivity contribution in [3.63, 3.8) is 0 Å². The molecule has 2 aromatic rings. The fourth-order valence-electron chi connectivity index (χ4n) is 2.12. The van der Waals surface area contributed by atoms with Crippen LogP contribution >= 0.6 is 15.9 Å². The third-order valence-corrected chi connectivity index (χ3v) is 3.59. The molecule has 1 heterocycles. The van der Waals surface area contributed by atoms with Crippen LogP contribution in [0.5, 0.6) is 0 Å². The lowest BCUT2D eigenvalue weighted by atomic mass is 9.86. The quantitative estimate of drug-likeness (QED) is 0.879. The molecule has 4 heteroatoms. The summed E-state index contributed by atoms with van der Waals surface area (Å²) in [6, 6.07) is 6.08. The number of esters is 1. The Balaban J connectivity index is 2.37. The van der Waals surface area contributed by atoms with Crippen molar-refractivity contribution < 1.29 is 9.53 Å². The number of carbonyl (C=O) groups excluding carboxylic acids is 1. The molecule has 1 N–H and O–H groups in total. The zero-order valence-corrected chi connectivity index (χ0v) is 12.3. The number of halogens is 1. The highest BCUT2D eigenvalue weighted by atomic mass is 79.9. The maximum atomic E-state index is 11.7. The standard InChI is InChI=1S/C14H16BrNO2/c1-14(2,13(17)18-3)7-9-8-16-12-5-4-10(15)6-11(9)12/h4-6,8,16H,7H2,1-3H3. The summed E-state index contributed by atoms with van der Waals surface area (Å²) in [5.41, 5.74) is 1.68. The second kappa shape index (κ2) is 4.76. The van der Waals surface area contributed by atoms with Crippen LogP contribution in [-0.2, 0) is 16.0 Å². The number of ether oxygens (including phenoxy) is 1. The van der Waals surface area contributed by atoms with E-state index in [1.165, 1.54) is 7.11 Å². The van der Waals surface area contributed by atoms with Crippen molar-refractivity contribution in [1.82, 2.24) is 4.98 Å². The first-order chi connectivity index (χ1) is 8.44. The lowest BCUT2D eigenvalue weighted by Gasteiger charge is -2.20. The number of H-pyrrole nitrogens is 1. The third-order valence-electron chi connectivity index (χ3n) is 3.10. The van der Waals surface area contributed by atoms with Crippen LogP contribution in [0, 0.1) is 5.41 Å². The van der Waals surface area contributed by atoms with E-state index in [2.05, 4.69) is 27.0 Å². The zero-order valence-electron chi connectivity index (χ0n) is 10.7.